The van der Waals surface area contributed by atoms with E-state index in [0.29, 0.717) is 25.1 Å². The molecule has 2 rings (SSSR count). The van der Waals surface area contributed by atoms with Crippen molar-refractivity contribution in [1.29, 1.82) is 0 Å². The summed E-state index contributed by atoms with van der Waals surface area (Å²) in [5.74, 6) is -3.56. The monoisotopic (exact) mass is 309 g/mol. The van der Waals surface area contributed by atoms with Crippen LogP contribution in [0.2, 0.25) is 0 Å². The highest BCUT2D eigenvalue weighted by Crippen LogP contribution is 2.34. The van der Waals surface area contributed by atoms with Gasteiger partial charge in [-0.25, -0.2) is 13.6 Å². The lowest BCUT2D eigenvalue weighted by Crippen LogP contribution is -2.35. The van der Waals surface area contributed by atoms with Gasteiger partial charge in [0.2, 0.25) is 0 Å². The summed E-state index contributed by atoms with van der Waals surface area (Å²) in [5, 5.41) is 2.15. The van der Waals surface area contributed by atoms with Gasteiger partial charge in [0.05, 0.1) is 0 Å². The molecule has 0 spiro atoms. The van der Waals surface area contributed by atoms with Crippen molar-refractivity contribution in [1.82, 2.24) is 4.90 Å². The van der Waals surface area contributed by atoms with E-state index in [-0.39, 0.29) is 18.3 Å². The highest BCUT2D eigenvalue weighted by molar-refractivity contribution is 5.89. The van der Waals surface area contributed by atoms with Gasteiger partial charge in [-0.05, 0) is 18.6 Å². The van der Waals surface area contributed by atoms with Gasteiger partial charge in [-0.15, -0.1) is 0 Å². The Bertz CT molecular complexity index is 537. The Morgan fingerprint density at radius 1 is 1.29 bits per heavy atom. The zero-order valence-corrected chi connectivity index (χ0v) is 10.7. The number of hydrogen-bond donors (Lipinski definition) is 2. The van der Waals surface area contributed by atoms with Crippen LogP contribution in [0.1, 0.15) is 12.0 Å². The van der Waals surface area contributed by atoms with Crippen LogP contribution in [-0.2, 0) is 6.18 Å². The third-order valence-corrected chi connectivity index (χ3v) is 3.09. The molecule has 1 aliphatic rings. The Balaban J connectivity index is 2.17. The number of nitrogens with two attached hydrogens (primary N) is 1. The van der Waals surface area contributed by atoms with Crippen LogP contribution < -0.4 is 11.1 Å². The Hall–Kier alpha value is -1.90. The molecule has 0 saturated carbocycles. The van der Waals surface area contributed by atoms with E-state index in [1.54, 1.807) is 0 Å². The number of amides is 2. The largest absolute Gasteiger partial charge is 0.422 e. The van der Waals surface area contributed by atoms with Gasteiger partial charge >= 0.3 is 12.2 Å². The number of rotatable bonds is 1. The highest BCUT2D eigenvalue weighted by Gasteiger charge is 2.38. The number of halogens is 5. The van der Waals surface area contributed by atoms with E-state index in [4.69, 9.17) is 5.73 Å². The van der Waals surface area contributed by atoms with E-state index in [1.807, 2.05) is 0 Å². The molecule has 116 valence electrons. The quantitative estimate of drug-likeness (QED) is 0.783. The molecule has 0 aliphatic carbocycles. The molecule has 0 aromatic heterocycles. The Kier molecular flexibility index (Phi) is 4.04. The molecule has 1 fully saturated rings. The summed E-state index contributed by atoms with van der Waals surface area (Å²) in [6.45, 7) is 0.649. The zero-order chi connectivity index (χ0) is 15.8. The van der Waals surface area contributed by atoms with E-state index >= 15 is 0 Å². The van der Waals surface area contributed by atoms with Crippen LogP contribution in [0.3, 0.4) is 0 Å². The van der Waals surface area contributed by atoms with Crippen molar-refractivity contribution < 1.29 is 26.7 Å². The fraction of sp³-hybridized carbons (Fsp3) is 0.417. The molecule has 1 atom stereocenters. The second-order valence-corrected chi connectivity index (χ2v) is 4.74. The minimum absolute atomic E-state index is 0.183. The summed E-state index contributed by atoms with van der Waals surface area (Å²) >= 11 is 0. The van der Waals surface area contributed by atoms with E-state index < -0.39 is 29.4 Å². The second kappa shape index (κ2) is 5.47. The third-order valence-electron chi connectivity index (χ3n) is 3.09. The molecule has 9 heteroatoms. The second-order valence-electron chi connectivity index (χ2n) is 4.74. The molecule has 21 heavy (non-hydrogen) atoms. The molecule has 2 amide bonds. The lowest BCUT2D eigenvalue weighted by Gasteiger charge is -2.17. The SMILES string of the molecule is NC1CCN(C(=O)Nc2cc(F)c(C(F)(F)F)c(F)c2)C1. The Morgan fingerprint density at radius 2 is 1.86 bits per heavy atom. The molecular formula is C12H12F5N3O. The normalized spacial score (nSPS) is 19.0. The van der Waals surface area contributed by atoms with Crippen molar-refractivity contribution in [3.8, 4) is 0 Å². The summed E-state index contributed by atoms with van der Waals surface area (Å²) in [7, 11) is 0. The Labute approximate surface area is 116 Å². The van der Waals surface area contributed by atoms with Gasteiger partial charge in [-0.3, -0.25) is 0 Å². The fourth-order valence-corrected chi connectivity index (χ4v) is 2.09. The number of urea groups is 1. The van der Waals surface area contributed by atoms with Crippen molar-refractivity contribution in [2.45, 2.75) is 18.6 Å². The summed E-state index contributed by atoms with van der Waals surface area (Å²) < 4.78 is 63.9. The summed E-state index contributed by atoms with van der Waals surface area (Å²) in [6.07, 6.45) is -4.55. The maximum absolute atomic E-state index is 13.4. The lowest BCUT2D eigenvalue weighted by molar-refractivity contribution is -0.142. The number of carbonyl (C=O) groups is 1. The third kappa shape index (κ3) is 3.41. The van der Waals surface area contributed by atoms with E-state index in [9.17, 15) is 26.7 Å². The predicted octanol–water partition coefficient (Wildman–Crippen LogP) is 2.55. The first-order valence-corrected chi connectivity index (χ1v) is 6.06. The van der Waals surface area contributed by atoms with Crippen LogP contribution in [0.5, 0.6) is 0 Å². The fourth-order valence-electron chi connectivity index (χ4n) is 2.09. The number of alkyl halides is 3. The van der Waals surface area contributed by atoms with Crippen molar-refractivity contribution >= 4 is 11.7 Å². The number of hydrogen-bond acceptors (Lipinski definition) is 2. The van der Waals surface area contributed by atoms with Crippen LogP contribution in [0.15, 0.2) is 12.1 Å². The number of benzene rings is 1. The molecule has 0 radical (unpaired) electrons. The first-order chi connectivity index (χ1) is 9.68. The van der Waals surface area contributed by atoms with Crippen molar-refractivity contribution in [2.24, 2.45) is 5.73 Å². The smallest absolute Gasteiger partial charge is 0.326 e. The predicted molar refractivity (Wildman–Crippen MR) is 64.5 cm³/mol. The lowest BCUT2D eigenvalue weighted by atomic mass is 10.1. The molecule has 4 nitrogen and oxygen atoms in total. The maximum Gasteiger partial charge on any atom is 0.422 e. The number of carbonyl (C=O) groups excluding carboxylic acids is 1. The van der Waals surface area contributed by atoms with Gasteiger partial charge in [0, 0.05) is 24.8 Å². The highest BCUT2D eigenvalue weighted by atomic mass is 19.4. The topological polar surface area (TPSA) is 58.4 Å². The van der Waals surface area contributed by atoms with Gasteiger partial charge < -0.3 is 16.0 Å². The number of nitrogens with one attached hydrogen (secondary N) is 1. The number of anilines is 1. The van der Waals surface area contributed by atoms with Crippen LogP contribution in [0.4, 0.5) is 32.4 Å². The zero-order valence-electron chi connectivity index (χ0n) is 10.7. The minimum atomic E-state index is -5.14. The number of nitrogens with zero attached hydrogens (tertiary/aromatic N) is 1. The molecule has 1 aromatic carbocycles. The summed E-state index contributed by atoms with van der Waals surface area (Å²) in [4.78, 5) is 13.1. The summed E-state index contributed by atoms with van der Waals surface area (Å²) in [5.41, 5.74) is 3.24. The van der Waals surface area contributed by atoms with Gasteiger partial charge in [-0.2, -0.15) is 13.2 Å². The van der Waals surface area contributed by atoms with Gasteiger partial charge in [0.1, 0.15) is 17.2 Å². The van der Waals surface area contributed by atoms with E-state index in [0.717, 1.165) is 0 Å². The van der Waals surface area contributed by atoms with E-state index in [2.05, 4.69) is 5.32 Å². The van der Waals surface area contributed by atoms with E-state index in [1.165, 1.54) is 4.90 Å². The first kappa shape index (κ1) is 15.5. The van der Waals surface area contributed by atoms with Gasteiger partial charge in [0.15, 0.2) is 0 Å². The average molecular weight is 309 g/mol. The van der Waals surface area contributed by atoms with Crippen molar-refractivity contribution in [2.75, 3.05) is 18.4 Å². The molecule has 1 saturated heterocycles. The van der Waals surface area contributed by atoms with Crippen LogP contribution >= 0.6 is 0 Å². The molecule has 1 unspecified atom stereocenters. The molecular weight excluding hydrogens is 297 g/mol. The molecule has 0 bridgehead atoms. The Morgan fingerprint density at radius 3 is 2.29 bits per heavy atom. The molecule has 3 N–H and O–H groups in total. The molecule has 1 aromatic rings. The average Bonchev–Trinajstić information content (AvgIpc) is 2.72. The van der Waals surface area contributed by atoms with Crippen molar-refractivity contribution in [3.05, 3.63) is 29.3 Å². The molecule has 1 aliphatic heterocycles. The van der Waals surface area contributed by atoms with Crippen LogP contribution in [0, 0.1) is 11.6 Å². The number of likely N-dealkylation sites (tertiary alicyclic amines) is 1. The maximum atomic E-state index is 13.4. The van der Waals surface area contributed by atoms with Crippen LogP contribution in [0.25, 0.3) is 0 Å². The van der Waals surface area contributed by atoms with Crippen LogP contribution in [-0.4, -0.2) is 30.1 Å². The summed E-state index contributed by atoms with van der Waals surface area (Å²) in [6, 6.07) is 0.0120. The van der Waals surface area contributed by atoms with Crippen molar-refractivity contribution in [3.63, 3.8) is 0 Å². The standard InChI is InChI=1S/C12H12F5N3O/c13-8-3-7(4-9(14)10(8)12(15,16)17)19-11(21)20-2-1-6(18)5-20/h3-4,6H,1-2,5,18H2,(H,19,21). The molecule has 1 heterocycles. The minimum Gasteiger partial charge on any atom is -0.326 e. The first-order valence-electron chi connectivity index (χ1n) is 6.06. The van der Waals surface area contributed by atoms with Gasteiger partial charge in [0.25, 0.3) is 0 Å². The van der Waals surface area contributed by atoms with Gasteiger partial charge in [-0.1, -0.05) is 0 Å².